The number of amides is 1. The number of nitrogens with zero attached hydrogens (tertiary/aromatic N) is 2. The second kappa shape index (κ2) is 5.01. The molecular weight excluding hydrogens is 350 g/mol. The maximum Gasteiger partial charge on any atom is 0.249 e. The summed E-state index contributed by atoms with van der Waals surface area (Å²) < 4.78 is 3.32. The minimum absolute atomic E-state index is 0.428. The van der Waals surface area contributed by atoms with E-state index in [2.05, 4.69) is 37.0 Å². The number of primary amides is 1. The Kier molecular flexibility index (Phi) is 3.63. The van der Waals surface area contributed by atoms with E-state index >= 15 is 0 Å². The lowest BCUT2D eigenvalue weighted by Gasteiger charge is -2.07. The van der Waals surface area contributed by atoms with Crippen molar-refractivity contribution >= 4 is 37.8 Å². The molecule has 6 heteroatoms. The van der Waals surface area contributed by atoms with E-state index in [0.717, 1.165) is 14.8 Å². The summed E-state index contributed by atoms with van der Waals surface area (Å²) in [5.41, 5.74) is 6.69. The minimum Gasteiger partial charge on any atom is -0.366 e. The number of aromatic nitrogens is 2. The molecule has 17 heavy (non-hydrogen) atoms. The smallest absolute Gasteiger partial charge is 0.249 e. The first-order valence-electron chi connectivity index (χ1n) is 4.84. The van der Waals surface area contributed by atoms with Crippen molar-refractivity contribution in [2.75, 3.05) is 0 Å². The number of hydrogen-bond donors (Lipinski definition) is 1. The van der Waals surface area contributed by atoms with Crippen molar-refractivity contribution in [1.82, 2.24) is 9.78 Å². The van der Waals surface area contributed by atoms with Gasteiger partial charge in [-0.05, 0) is 43.5 Å². The third kappa shape index (κ3) is 2.76. The summed E-state index contributed by atoms with van der Waals surface area (Å²) in [6.45, 7) is 0.491. The van der Waals surface area contributed by atoms with Gasteiger partial charge in [-0.1, -0.05) is 18.2 Å². The molecule has 0 atom stereocenters. The predicted octanol–water partition coefficient (Wildman–Crippen LogP) is 2.56. The molecule has 0 saturated carbocycles. The van der Waals surface area contributed by atoms with E-state index in [1.54, 1.807) is 16.8 Å². The third-order valence-electron chi connectivity index (χ3n) is 2.30. The number of carbonyl (C=O) groups is 1. The van der Waals surface area contributed by atoms with Crippen molar-refractivity contribution < 1.29 is 4.79 Å². The maximum absolute atomic E-state index is 11.3. The number of carbonyl (C=O) groups excluding carboxylic acids is 1. The highest BCUT2D eigenvalue weighted by atomic mass is 79.9. The molecule has 2 aromatic rings. The normalized spacial score (nSPS) is 10.5. The second-order valence-electron chi connectivity index (χ2n) is 3.47. The van der Waals surface area contributed by atoms with Gasteiger partial charge in [0.05, 0.1) is 6.54 Å². The highest BCUT2D eigenvalue weighted by Gasteiger charge is 2.10. The van der Waals surface area contributed by atoms with Crippen LogP contribution >= 0.6 is 31.9 Å². The standard InChI is InChI=1S/C11H9Br2N3O/c12-9-5-10(13)16(15-9)6-7-3-1-2-4-8(7)11(14)17/h1-5H,6H2,(H2,14,17). The van der Waals surface area contributed by atoms with Crippen molar-refractivity contribution in [3.63, 3.8) is 0 Å². The summed E-state index contributed by atoms with van der Waals surface area (Å²) in [6.07, 6.45) is 0. The van der Waals surface area contributed by atoms with Gasteiger partial charge in [-0.3, -0.25) is 9.48 Å². The van der Waals surface area contributed by atoms with Crippen molar-refractivity contribution in [2.24, 2.45) is 5.73 Å². The molecule has 0 fully saturated rings. The number of rotatable bonds is 3. The van der Waals surface area contributed by atoms with Gasteiger partial charge >= 0.3 is 0 Å². The van der Waals surface area contributed by atoms with Crippen LogP contribution in [0.2, 0.25) is 0 Å². The van der Waals surface area contributed by atoms with Crippen LogP contribution in [0.3, 0.4) is 0 Å². The molecule has 1 aromatic heterocycles. The Morgan fingerprint density at radius 2 is 2.06 bits per heavy atom. The third-order valence-corrected chi connectivity index (χ3v) is 3.33. The lowest BCUT2D eigenvalue weighted by molar-refractivity contribution is 0.0999. The predicted molar refractivity (Wildman–Crippen MR) is 71.7 cm³/mol. The largest absolute Gasteiger partial charge is 0.366 e. The molecule has 1 amide bonds. The van der Waals surface area contributed by atoms with Gasteiger partial charge in [0.2, 0.25) is 5.91 Å². The van der Waals surface area contributed by atoms with Crippen LogP contribution in [0.4, 0.5) is 0 Å². The molecule has 0 aliphatic heterocycles. The van der Waals surface area contributed by atoms with E-state index in [1.807, 2.05) is 18.2 Å². The Balaban J connectivity index is 2.36. The van der Waals surface area contributed by atoms with Crippen LogP contribution in [0.25, 0.3) is 0 Å². The summed E-state index contributed by atoms with van der Waals surface area (Å²) >= 11 is 6.68. The summed E-state index contributed by atoms with van der Waals surface area (Å²) in [4.78, 5) is 11.3. The fraction of sp³-hybridized carbons (Fsp3) is 0.0909. The monoisotopic (exact) mass is 357 g/mol. The van der Waals surface area contributed by atoms with Crippen molar-refractivity contribution in [2.45, 2.75) is 6.54 Å². The van der Waals surface area contributed by atoms with Gasteiger partial charge in [-0.15, -0.1) is 0 Å². The van der Waals surface area contributed by atoms with Crippen LogP contribution in [0, 0.1) is 0 Å². The molecule has 0 saturated heterocycles. The van der Waals surface area contributed by atoms with Gasteiger partial charge in [-0.25, -0.2) is 0 Å². The van der Waals surface area contributed by atoms with Gasteiger partial charge in [-0.2, -0.15) is 5.10 Å². The first-order valence-corrected chi connectivity index (χ1v) is 6.43. The fourth-order valence-corrected chi connectivity index (χ4v) is 2.67. The number of halogens is 2. The van der Waals surface area contributed by atoms with Gasteiger partial charge < -0.3 is 5.73 Å². The molecule has 4 nitrogen and oxygen atoms in total. The first kappa shape index (κ1) is 12.3. The lowest BCUT2D eigenvalue weighted by Crippen LogP contribution is -2.15. The van der Waals surface area contributed by atoms with E-state index < -0.39 is 5.91 Å². The molecular formula is C11H9Br2N3O. The van der Waals surface area contributed by atoms with Crippen LogP contribution in [0.1, 0.15) is 15.9 Å². The molecule has 2 N–H and O–H groups in total. The zero-order chi connectivity index (χ0) is 12.4. The fourth-order valence-electron chi connectivity index (χ4n) is 1.54. The van der Waals surface area contributed by atoms with E-state index in [4.69, 9.17) is 5.73 Å². The molecule has 88 valence electrons. The molecule has 1 heterocycles. The van der Waals surface area contributed by atoms with E-state index in [0.29, 0.717) is 12.1 Å². The second-order valence-corrected chi connectivity index (χ2v) is 5.09. The number of benzene rings is 1. The van der Waals surface area contributed by atoms with E-state index in [1.165, 1.54) is 0 Å². The summed E-state index contributed by atoms with van der Waals surface area (Å²) in [5, 5.41) is 4.24. The zero-order valence-corrected chi connectivity index (χ0v) is 11.9. The summed E-state index contributed by atoms with van der Waals surface area (Å²) in [6, 6.07) is 9.07. The molecule has 0 aliphatic carbocycles. The van der Waals surface area contributed by atoms with Gasteiger partial charge in [0.15, 0.2) is 0 Å². The summed E-state index contributed by atoms with van der Waals surface area (Å²) in [7, 11) is 0. The Bertz CT molecular complexity index is 566. The van der Waals surface area contributed by atoms with Crippen LogP contribution < -0.4 is 5.73 Å². The Morgan fingerprint density at radius 3 is 2.65 bits per heavy atom. The minimum atomic E-state index is -0.428. The SMILES string of the molecule is NC(=O)c1ccccc1Cn1nc(Br)cc1Br. The quantitative estimate of drug-likeness (QED) is 0.916. The maximum atomic E-state index is 11.3. The summed E-state index contributed by atoms with van der Waals surface area (Å²) in [5.74, 6) is -0.428. The Morgan fingerprint density at radius 1 is 1.35 bits per heavy atom. The highest BCUT2D eigenvalue weighted by molar-refractivity contribution is 9.11. The molecule has 0 radical (unpaired) electrons. The molecule has 1 aromatic carbocycles. The van der Waals surface area contributed by atoms with Crippen molar-refractivity contribution in [1.29, 1.82) is 0 Å². The van der Waals surface area contributed by atoms with Crippen LogP contribution in [0.15, 0.2) is 39.5 Å². The Hall–Kier alpha value is -1.14. The highest BCUT2D eigenvalue weighted by Crippen LogP contribution is 2.19. The van der Waals surface area contributed by atoms with E-state index in [-0.39, 0.29) is 0 Å². The topological polar surface area (TPSA) is 60.9 Å². The zero-order valence-electron chi connectivity index (χ0n) is 8.73. The van der Waals surface area contributed by atoms with Gasteiger partial charge in [0, 0.05) is 11.6 Å². The van der Waals surface area contributed by atoms with Gasteiger partial charge in [0.25, 0.3) is 0 Å². The van der Waals surface area contributed by atoms with Crippen LogP contribution in [-0.2, 0) is 6.54 Å². The van der Waals surface area contributed by atoms with Gasteiger partial charge in [0.1, 0.15) is 9.21 Å². The van der Waals surface area contributed by atoms with Crippen molar-refractivity contribution in [3.8, 4) is 0 Å². The molecule has 0 bridgehead atoms. The van der Waals surface area contributed by atoms with E-state index in [9.17, 15) is 4.79 Å². The molecule has 0 spiro atoms. The number of hydrogen-bond acceptors (Lipinski definition) is 2. The Labute approximate surface area is 115 Å². The molecule has 2 rings (SSSR count). The average Bonchev–Trinajstić information content (AvgIpc) is 2.58. The first-order chi connectivity index (χ1) is 8.08. The average molecular weight is 359 g/mol. The van der Waals surface area contributed by atoms with Crippen molar-refractivity contribution in [3.05, 3.63) is 50.7 Å². The number of nitrogens with two attached hydrogens (primary N) is 1. The van der Waals surface area contributed by atoms with Crippen LogP contribution in [-0.4, -0.2) is 15.7 Å². The molecule has 0 unspecified atom stereocenters. The van der Waals surface area contributed by atoms with Crippen LogP contribution in [0.5, 0.6) is 0 Å². The molecule has 0 aliphatic rings. The lowest BCUT2D eigenvalue weighted by atomic mass is 10.1.